The first-order valence-corrected chi connectivity index (χ1v) is 10.4. The zero-order valence-corrected chi connectivity index (χ0v) is 15.9. The van der Waals surface area contributed by atoms with Gasteiger partial charge in [0.05, 0.1) is 24.7 Å². The smallest absolute Gasteiger partial charge is 0.160 e. The second kappa shape index (κ2) is 10.4. The van der Waals surface area contributed by atoms with Gasteiger partial charge in [0.15, 0.2) is 6.29 Å². The summed E-state index contributed by atoms with van der Waals surface area (Å²) < 4.78 is 12.0. The highest BCUT2D eigenvalue weighted by atomic mass is 16.7. The molecule has 0 aromatic rings. The minimum atomic E-state index is -0.0673. The summed E-state index contributed by atoms with van der Waals surface area (Å²) in [4.78, 5) is 0. The van der Waals surface area contributed by atoms with Crippen LogP contribution >= 0.6 is 0 Å². The molecule has 0 spiro atoms. The molecule has 2 fully saturated rings. The van der Waals surface area contributed by atoms with Crippen molar-refractivity contribution in [3.05, 3.63) is 0 Å². The number of hydrogen-bond donors (Lipinski definition) is 0. The average molecular weight is 336 g/mol. The van der Waals surface area contributed by atoms with Gasteiger partial charge in [0.1, 0.15) is 0 Å². The van der Waals surface area contributed by atoms with E-state index >= 15 is 0 Å². The Bertz CT molecular complexity index is 374. The van der Waals surface area contributed by atoms with Crippen LogP contribution in [-0.2, 0) is 9.47 Å². The Labute approximate surface area is 149 Å². The first-order chi connectivity index (χ1) is 11.7. The highest BCUT2D eigenvalue weighted by molar-refractivity contribution is 5.01. The van der Waals surface area contributed by atoms with Gasteiger partial charge >= 0.3 is 0 Å². The molecule has 0 amide bonds. The zero-order chi connectivity index (χ0) is 17.3. The van der Waals surface area contributed by atoms with E-state index in [1.54, 1.807) is 0 Å². The van der Waals surface area contributed by atoms with Crippen LogP contribution in [0.5, 0.6) is 0 Å². The fourth-order valence-corrected chi connectivity index (χ4v) is 4.35. The molecule has 1 heterocycles. The summed E-state index contributed by atoms with van der Waals surface area (Å²) in [5.41, 5.74) is -0.0673. The molecular weight excluding hydrogens is 298 g/mol. The number of unbranched alkanes of at least 4 members (excludes halogenated alkanes) is 4. The van der Waals surface area contributed by atoms with Gasteiger partial charge in [-0.05, 0) is 38.5 Å². The molecule has 0 aromatic carbocycles. The van der Waals surface area contributed by atoms with Crippen LogP contribution in [0.1, 0.15) is 90.9 Å². The van der Waals surface area contributed by atoms with Crippen LogP contribution in [0.2, 0.25) is 0 Å². The molecule has 1 saturated heterocycles. The van der Waals surface area contributed by atoms with Crippen molar-refractivity contribution in [3.8, 4) is 6.07 Å². The van der Waals surface area contributed by atoms with Gasteiger partial charge in [-0.15, -0.1) is 0 Å². The maximum atomic E-state index is 9.72. The first kappa shape index (κ1) is 19.7. The number of nitrogens with zero attached hydrogens (tertiary/aromatic N) is 1. The summed E-state index contributed by atoms with van der Waals surface area (Å²) in [6.07, 6.45) is 14.2. The van der Waals surface area contributed by atoms with E-state index in [-0.39, 0.29) is 11.7 Å². The van der Waals surface area contributed by atoms with Gasteiger partial charge in [0, 0.05) is 11.8 Å². The van der Waals surface area contributed by atoms with E-state index < -0.39 is 0 Å². The van der Waals surface area contributed by atoms with Gasteiger partial charge in [-0.25, -0.2) is 0 Å². The Balaban J connectivity index is 1.70. The number of rotatable bonds is 9. The lowest BCUT2D eigenvalue weighted by Gasteiger charge is -2.40. The predicted molar refractivity (Wildman–Crippen MR) is 97.5 cm³/mol. The molecule has 3 heteroatoms. The second-order valence-corrected chi connectivity index (χ2v) is 8.08. The SMILES string of the molecule is CCCCCCCC1(C#N)CCC(C2OCC(CCC)CO2)CC1. The Hall–Kier alpha value is -0.590. The largest absolute Gasteiger partial charge is 0.352 e. The average Bonchev–Trinajstić information content (AvgIpc) is 2.63. The summed E-state index contributed by atoms with van der Waals surface area (Å²) in [5.74, 6) is 1.07. The van der Waals surface area contributed by atoms with Gasteiger partial charge in [-0.2, -0.15) is 5.26 Å². The van der Waals surface area contributed by atoms with Crippen molar-refractivity contribution in [1.29, 1.82) is 5.26 Å². The molecule has 138 valence electrons. The minimum Gasteiger partial charge on any atom is -0.352 e. The molecule has 0 bridgehead atoms. The van der Waals surface area contributed by atoms with E-state index in [9.17, 15) is 5.26 Å². The third kappa shape index (κ3) is 5.74. The van der Waals surface area contributed by atoms with Crippen molar-refractivity contribution in [2.45, 2.75) is 97.2 Å². The van der Waals surface area contributed by atoms with E-state index in [1.807, 2.05) is 0 Å². The van der Waals surface area contributed by atoms with Crippen molar-refractivity contribution in [2.24, 2.45) is 17.3 Å². The second-order valence-electron chi connectivity index (χ2n) is 8.08. The fraction of sp³-hybridized carbons (Fsp3) is 0.952. The third-order valence-electron chi connectivity index (χ3n) is 6.06. The lowest BCUT2D eigenvalue weighted by molar-refractivity contribution is -0.231. The molecule has 1 saturated carbocycles. The highest BCUT2D eigenvalue weighted by Gasteiger charge is 2.39. The Kier molecular flexibility index (Phi) is 8.56. The van der Waals surface area contributed by atoms with Crippen molar-refractivity contribution in [3.63, 3.8) is 0 Å². The summed E-state index contributed by atoms with van der Waals surface area (Å²) >= 11 is 0. The maximum Gasteiger partial charge on any atom is 0.160 e. The Morgan fingerprint density at radius 1 is 0.958 bits per heavy atom. The van der Waals surface area contributed by atoms with Gasteiger partial charge in [-0.1, -0.05) is 52.4 Å². The lowest BCUT2D eigenvalue weighted by atomic mass is 9.68. The molecule has 0 atom stereocenters. The van der Waals surface area contributed by atoms with E-state index in [0.717, 1.165) is 45.3 Å². The molecule has 0 unspecified atom stereocenters. The maximum absolute atomic E-state index is 9.72. The Morgan fingerprint density at radius 3 is 2.21 bits per heavy atom. The number of hydrogen-bond acceptors (Lipinski definition) is 3. The molecular formula is C21H37NO2. The van der Waals surface area contributed by atoms with Crippen LogP contribution < -0.4 is 0 Å². The topological polar surface area (TPSA) is 42.2 Å². The molecule has 0 aromatic heterocycles. The quantitative estimate of drug-likeness (QED) is 0.497. The molecule has 24 heavy (non-hydrogen) atoms. The monoisotopic (exact) mass is 335 g/mol. The van der Waals surface area contributed by atoms with Crippen LogP contribution in [0.15, 0.2) is 0 Å². The molecule has 0 N–H and O–H groups in total. The van der Waals surface area contributed by atoms with Crippen molar-refractivity contribution in [2.75, 3.05) is 13.2 Å². The molecule has 1 aliphatic heterocycles. The summed E-state index contributed by atoms with van der Waals surface area (Å²) in [6, 6.07) is 2.67. The third-order valence-corrected chi connectivity index (χ3v) is 6.06. The standard InChI is InChI=1S/C21H37NO2/c1-3-5-6-7-8-12-21(17-22)13-10-19(11-14-21)20-23-15-18(9-4-2)16-24-20/h18-20H,3-16H2,1-2H3. The lowest BCUT2D eigenvalue weighted by Crippen LogP contribution is -2.40. The highest BCUT2D eigenvalue weighted by Crippen LogP contribution is 2.44. The number of nitriles is 1. The zero-order valence-electron chi connectivity index (χ0n) is 15.9. The number of ether oxygens (including phenoxy) is 2. The van der Waals surface area contributed by atoms with Crippen LogP contribution in [0, 0.1) is 28.6 Å². The summed E-state index contributed by atoms with van der Waals surface area (Å²) in [7, 11) is 0. The van der Waals surface area contributed by atoms with Crippen LogP contribution in [0.4, 0.5) is 0 Å². The molecule has 2 rings (SSSR count). The van der Waals surface area contributed by atoms with Gasteiger partial charge in [-0.3, -0.25) is 0 Å². The van der Waals surface area contributed by atoms with Crippen molar-refractivity contribution in [1.82, 2.24) is 0 Å². The van der Waals surface area contributed by atoms with Crippen molar-refractivity contribution < 1.29 is 9.47 Å². The van der Waals surface area contributed by atoms with E-state index in [4.69, 9.17) is 9.47 Å². The van der Waals surface area contributed by atoms with Gasteiger partial charge in [0.2, 0.25) is 0 Å². The Morgan fingerprint density at radius 2 is 1.62 bits per heavy atom. The van der Waals surface area contributed by atoms with Crippen molar-refractivity contribution >= 4 is 0 Å². The van der Waals surface area contributed by atoms with Crippen LogP contribution in [0.3, 0.4) is 0 Å². The van der Waals surface area contributed by atoms with Crippen LogP contribution in [0.25, 0.3) is 0 Å². The molecule has 3 nitrogen and oxygen atoms in total. The van der Waals surface area contributed by atoms with Gasteiger partial charge < -0.3 is 9.47 Å². The molecule has 2 aliphatic rings. The first-order valence-electron chi connectivity index (χ1n) is 10.4. The molecule has 1 aliphatic carbocycles. The summed E-state index contributed by atoms with van der Waals surface area (Å²) in [5, 5.41) is 9.72. The van der Waals surface area contributed by atoms with Crippen LogP contribution in [-0.4, -0.2) is 19.5 Å². The van der Waals surface area contributed by atoms with E-state index in [1.165, 1.54) is 44.9 Å². The normalized spacial score (nSPS) is 34.0. The fourth-order valence-electron chi connectivity index (χ4n) is 4.35. The van der Waals surface area contributed by atoms with E-state index in [2.05, 4.69) is 19.9 Å². The minimum absolute atomic E-state index is 0.0145. The summed E-state index contributed by atoms with van der Waals surface area (Å²) in [6.45, 7) is 6.18. The van der Waals surface area contributed by atoms with Gasteiger partial charge in [0.25, 0.3) is 0 Å². The van der Waals surface area contributed by atoms with E-state index in [0.29, 0.717) is 11.8 Å². The molecule has 0 radical (unpaired) electrons. The predicted octanol–water partition coefficient (Wildman–Crippen LogP) is 5.84.